The molecule has 2 nitrogen and oxygen atoms in total. The van der Waals surface area contributed by atoms with Crippen molar-refractivity contribution >= 4 is 7.35 Å². The van der Waals surface area contributed by atoms with Gasteiger partial charge in [-0.3, -0.25) is 0 Å². The first-order valence-electron chi connectivity index (χ1n) is 0.471. The van der Waals surface area contributed by atoms with Crippen LogP contribution in [0.2, 0.25) is 0 Å². The van der Waals surface area contributed by atoms with Crippen molar-refractivity contribution in [2.75, 3.05) is 0 Å². The first kappa shape index (κ1) is 38.8. The summed E-state index contributed by atoms with van der Waals surface area (Å²) < 4.78 is 8.25. The molecule has 0 amide bonds. The number of hydrogen-bond acceptors (Lipinski definition) is 2. The van der Waals surface area contributed by atoms with Gasteiger partial charge in [0.15, 0.2) is 0 Å². The number of rotatable bonds is 0. The summed E-state index contributed by atoms with van der Waals surface area (Å²) in [7, 11) is -0.500. The van der Waals surface area contributed by atoms with Crippen LogP contribution in [0.4, 0.5) is 0 Å². The SMILES string of the molecule is O=B[O-].[H-].[H-].[H-].[H-].[Na+].[Na+].[Na+].[Na+].[Na+]. The Hall–Kier alpha value is 4.66. The monoisotopic (exact) mass is 162 g/mol. The third kappa shape index (κ3) is 45.8. The van der Waals surface area contributed by atoms with Crippen molar-refractivity contribution in [2.24, 2.45) is 0 Å². The zero-order valence-corrected chi connectivity index (χ0v) is 16.4. The van der Waals surface area contributed by atoms with E-state index in [9.17, 15) is 0 Å². The predicted molar refractivity (Wildman–Crippen MR) is 10.9 cm³/mol. The van der Waals surface area contributed by atoms with Crippen molar-refractivity contribution in [3.8, 4) is 0 Å². The van der Waals surface area contributed by atoms with Crippen molar-refractivity contribution in [1.82, 2.24) is 0 Å². The Kier molecular flexibility index (Phi) is 200. The average molecular weight is 162 g/mol. The van der Waals surface area contributed by atoms with Gasteiger partial charge in [-0.1, -0.05) is 0 Å². The van der Waals surface area contributed by atoms with Crippen LogP contribution >= 0.6 is 0 Å². The van der Waals surface area contributed by atoms with Gasteiger partial charge < -0.3 is 5.71 Å². The van der Waals surface area contributed by atoms with E-state index in [1.807, 2.05) is 0 Å². The van der Waals surface area contributed by atoms with E-state index in [-0.39, 0.29) is 153 Å². The van der Waals surface area contributed by atoms with Crippen molar-refractivity contribution in [3.05, 3.63) is 0 Å². The molecule has 0 aromatic carbocycles. The second-order valence-electron chi connectivity index (χ2n) is 0.0962. The molecule has 0 heterocycles. The quantitative estimate of drug-likeness (QED) is 0.331. The van der Waals surface area contributed by atoms with Gasteiger partial charge in [0, 0.05) is 0 Å². The zero-order chi connectivity index (χ0) is 2.71. The van der Waals surface area contributed by atoms with Gasteiger partial charge in [-0.2, -0.15) is 0 Å². The van der Waals surface area contributed by atoms with Gasteiger partial charge in [-0.15, -0.1) is 0 Å². The molecular weight excluding hydrogens is 158 g/mol. The van der Waals surface area contributed by atoms with Crippen LogP contribution in [0, 0.1) is 0 Å². The fourth-order valence-corrected chi connectivity index (χ4v) is 0. The van der Waals surface area contributed by atoms with Crippen LogP contribution in [0.25, 0.3) is 0 Å². The maximum atomic E-state index is 8.25. The molecule has 0 rings (SSSR count). The van der Waals surface area contributed by atoms with Gasteiger partial charge >= 0.3 is 165 Å². The van der Waals surface area contributed by atoms with Crippen LogP contribution < -0.4 is 153 Å². The average Bonchev–Trinajstić information content (AvgIpc) is 0.918. The maximum Gasteiger partial charge on any atom is 1.00 e. The zero-order valence-electron chi connectivity index (χ0n) is 10.4. The van der Waals surface area contributed by atoms with E-state index >= 15 is 0 Å². The standard InChI is InChI=1S/BO2.5Na.4H/c2-1-3;;;;;;;;;/q-1;5*+1;4*-1. The Morgan fingerprint density at radius 2 is 1.00 bits per heavy atom. The fraction of sp³-hybridized carbons (Fsp3) is 0. The minimum Gasteiger partial charge on any atom is -1.00 e. The van der Waals surface area contributed by atoms with Gasteiger partial charge in [0.25, 0.3) is 0 Å². The molecule has 0 aliphatic carbocycles. The van der Waals surface area contributed by atoms with Crippen molar-refractivity contribution in [1.29, 1.82) is 0 Å². The molecule has 0 fully saturated rings. The minimum atomic E-state index is -0.500. The molecule has 8 heteroatoms. The van der Waals surface area contributed by atoms with Gasteiger partial charge in [-0.25, -0.2) is 0 Å². The molecule has 0 aromatic rings. The topological polar surface area (TPSA) is 40.1 Å². The smallest absolute Gasteiger partial charge is 1.00 e. The molecule has 8 heavy (non-hydrogen) atoms. The Morgan fingerprint density at radius 3 is 1.00 bits per heavy atom. The molecule has 0 saturated carbocycles. The van der Waals surface area contributed by atoms with Gasteiger partial charge in [-0.05, 0) is 0 Å². The largest absolute Gasteiger partial charge is 1.00 e. The second-order valence-corrected chi connectivity index (χ2v) is 0.0962. The summed E-state index contributed by atoms with van der Waals surface area (Å²) in [5, 5.41) is 8.25. The van der Waals surface area contributed by atoms with E-state index in [1.54, 1.807) is 0 Å². The van der Waals surface area contributed by atoms with E-state index in [1.165, 1.54) is 0 Å². The van der Waals surface area contributed by atoms with E-state index in [2.05, 4.69) is 0 Å². The summed E-state index contributed by atoms with van der Waals surface area (Å²) in [6, 6.07) is 0. The Balaban J connectivity index is -0.000000000556. The van der Waals surface area contributed by atoms with Gasteiger partial charge in [0.1, 0.15) is 0 Å². The molecule has 0 bridgehead atoms. The summed E-state index contributed by atoms with van der Waals surface area (Å²) in [4.78, 5) is 0. The predicted octanol–water partition coefficient (Wildman–Crippen LogP) is -16.2. The molecule has 0 unspecified atom stereocenters. The first-order valence-corrected chi connectivity index (χ1v) is 0.471. The molecule has 0 spiro atoms. The summed E-state index contributed by atoms with van der Waals surface area (Å²) in [6.07, 6.45) is 0. The van der Waals surface area contributed by atoms with E-state index in [4.69, 9.17) is 9.73 Å². The van der Waals surface area contributed by atoms with E-state index < -0.39 is 7.35 Å². The molecular formula is H4BNa5O2. The third-order valence-electron chi connectivity index (χ3n) is 0. The summed E-state index contributed by atoms with van der Waals surface area (Å²) in [5.74, 6) is 0. The Morgan fingerprint density at radius 1 is 1.00 bits per heavy atom. The molecule has 0 saturated heterocycles. The molecule has 0 aliphatic rings. The molecule has 0 radical (unpaired) electrons. The Labute approximate surface area is 166 Å². The maximum absolute atomic E-state index is 8.25. The normalized spacial score (nSPS) is 1.00. The molecule has 0 aliphatic heterocycles. The van der Waals surface area contributed by atoms with E-state index in [0.29, 0.717) is 0 Å². The summed E-state index contributed by atoms with van der Waals surface area (Å²) in [6.45, 7) is 0. The van der Waals surface area contributed by atoms with Crippen LogP contribution in [-0.4, -0.2) is 7.35 Å². The third-order valence-corrected chi connectivity index (χ3v) is 0. The van der Waals surface area contributed by atoms with Crippen molar-refractivity contribution < 1.29 is 163 Å². The minimum absolute atomic E-state index is 0. The van der Waals surface area contributed by atoms with Crippen LogP contribution in [-0.2, 0) is 4.70 Å². The van der Waals surface area contributed by atoms with Crippen LogP contribution in [0.3, 0.4) is 0 Å². The van der Waals surface area contributed by atoms with Crippen LogP contribution in [0.15, 0.2) is 0 Å². The van der Waals surface area contributed by atoms with Crippen molar-refractivity contribution in [3.63, 3.8) is 0 Å². The van der Waals surface area contributed by atoms with Crippen LogP contribution in [0.1, 0.15) is 5.71 Å². The summed E-state index contributed by atoms with van der Waals surface area (Å²) >= 11 is 0. The molecule has 0 atom stereocenters. The summed E-state index contributed by atoms with van der Waals surface area (Å²) in [5.41, 5.74) is 0. The van der Waals surface area contributed by atoms with Gasteiger partial charge in [0.05, 0.1) is 0 Å². The van der Waals surface area contributed by atoms with Crippen LogP contribution in [0.5, 0.6) is 0 Å². The van der Waals surface area contributed by atoms with Crippen molar-refractivity contribution in [2.45, 2.75) is 0 Å². The molecule has 0 N–H and O–H groups in total. The Bertz CT molecular complexity index is 28.9. The number of hydrogen-bond donors (Lipinski definition) is 0. The first-order chi connectivity index (χ1) is 1.41. The second kappa shape index (κ2) is 41.3. The molecule has 0 aromatic heterocycles. The van der Waals surface area contributed by atoms with E-state index in [0.717, 1.165) is 0 Å². The fourth-order valence-electron chi connectivity index (χ4n) is 0. The van der Waals surface area contributed by atoms with Gasteiger partial charge in [0.2, 0.25) is 0 Å². The molecule has 24 valence electrons.